The summed E-state index contributed by atoms with van der Waals surface area (Å²) >= 11 is 3.49. The fraction of sp³-hybridized carbons (Fsp3) is 0.250. The largest absolute Gasteiger partial charge is 0.326 e. The van der Waals surface area contributed by atoms with E-state index in [1.807, 2.05) is 0 Å². The first kappa shape index (κ1) is 14.3. The molecular formula is C16H19BrN2. The van der Waals surface area contributed by atoms with E-state index in [1.165, 1.54) is 16.7 Å². The van der Waals surface area contributed by atoms with Gasteiger partial charge in [0, 0.05) is 17.6 Å². The predicted octanol–water partition coefficient (Wildman–Crippen LogP) is 3.24. The van der Waals surface area contributed by atoms with Crippen LogP contribution in [0.5, 0.6) is 0 Å². The van der Waals surface area contributed by atoms with E-state index < -0.39 is 0 Å². The van der Waals surface area contributed by atoms with Crippen LogP contribution in [0.15, 0.2) is 53.0 Å². The molecule has 0 spiro atoms. The van der Waals surface area contributed by atoms with Crippen molar-refractivity contribution in [2.24, 2.45) is 5.73 Å². The zero-order valence-electron chi connectivity index (χ0n) is 10.9. The van der Waals surface area contributed by atoms with E-state index in [0.717, 1.165) is 24.0 Å². The zero-order valence-corrected chi connectivity index (χ0v) is 12.5. The van der Waals surface area contributed by atoms with Crippen molar-refractivity contribution in [2.45, 2.75) is 19.5 Å². The van der Waals surface area contributed by atoms with E-state index >= 15 is 0 Å². The van der Waals surface area contributed by atoms with E-state index in [0.29, 0.717) is 6.54 Å². The van der Waals surface area contributed by atoms with Crippen LogP contribution in [0.4, 0.5) is 0 Å². The van der Waals surface area contributed by atoms with Gasteiger partial charge in [-0.25, -0.2) is 0 Å². The van der Waals surface area contributed by atoms with Gasteiger partial charge in [-0.1, -0.05) is 52.3 Å². The first-order valence-corrected chi connectivity index (χ1v) is 7.30. The summed E-state index contributed by atoms with van der Waals surface area (Å²) in [5.74, 6) is 0. The van der Waals surface area contributed by atoms with E-state index in [9.17, 15) is 0 Å². The molecule has 0 heterocycles. The second kappa shape index (κ2) is 7.43. The number of rotatable bonds is 6. The third-order valence-electron chi connectivity index (χ3n) is 3.07. The number of hydrogen-bond acceptors (Lipinski definition) is 2. The maximum Gasteiger partial charge on any atom is 0.0205 e. The van der Waals surface area contributed by atoms with Gasteiger partial charge in [0.2, 0.25) is 0 Å². The molecule has 0 radical (unpaired) electrons. The molecular weight excluding hydrogens is 300 g/mol. The summed E-state index contributed by atoms with van der Waals surface area (Å²) in [4.78, 5) is 0. The van der Waals surface area contributed by atoms with E-state index in [4.69, 9.17) is 5.73 Å². The van der Waals surface area contributed by atoms with Crippen LogP contribution in [0.2, 0.25) is 0 Å². The molecule has 100 valence electrons. The summed E-state index contributed by atoms with van der Waals surface area (Å²) in [5.41, 5.74) is 9.40. The van der Waals surface area contributed by atoms with Crippen LogP contribution < -0.4 is 11.1 Å². The van der Waals surface area contributed by atoms with Crippen LogP contribution in [-0.4, -0.2) is 6.54 Å². The minimum atomic E-state index is 0.608. The maximum absolute atomic E-state index is 5.58. The molecule has 2 nitrogen and oxygen atoms in total. The molecule has 0 saturated carbocycles. The summed E-state index contributed by atoms with van der Waals surface area (Å²) in [6, 6.07) is 16.9. The van der Waals surface area contributed by atoms with Crippen molar-refractivity contribution >= 4 is 15.9 Å². The smallest absolute Gasteiger partial charge is 0.0205 e. The molecule has 0 amide bonds. The minimum Gasteiger partial charge on any atom is -0.326 e. The SMILES string of the molecule is NCc1ccc(CNCCc2cccc(Br)c2)cc1. The Kier molecular flexibility index (Phi) is 5.58. The molecule has 0 unspecified atom stereocenters. The van der Waals surface area contributed by atoms with E-state index in [-0.39, 0.29) is 0 Å². The Morgan fingerprint density at radius 1 is 0.947 bits per heavy atom. The van der Waals surface area contributed by atoms with Crippen molar-refractivity contribution in [1.29, 1.82) is 0 Å². The summed E-state index contributed by atoms with van der Waals surface area (Å²) < 4.78 is 1.14. The second-order valence-corrected chi connectivity index (χ2v) is 5.49. The lowest BCUT2D eigenvalue weighted by Crippen LogP contribution is -2.16. The molecule has 2 rings (SSSR count). The highest BCUT2D eigenvalue weighted by Gasteiger charge is 1.96. The molecule has 3 N–H and O–H groups in total. The number of nitrogens with two attached hydrogens (primary N) is 1. The molecule has 0 atom stereocenters. The van der Waals surface area contributed by atoms with Crippen molar-refractivity contribution in [3.63, 3.8) is 0 Å². The normalized spacial score (nSPS) is 10.6. The summed E-state index contributed by atoms with van der Waals surface area (Å²) in [6.07, 6.45) is 1.04. The predicted molar refractivity (Wildman–Crippen MR) is 83.9 cm³/mol. The summed E-state index contributed by atoms with van der Waals surface area (Å²) in [6.45, 7) is 2.49. The molecule has 3 heteroatoms. The number of nitrogens with one attached hydrogen (secondary N) is 1. The van der Waals surface area contributed by atoms with Gasteiger partial charge >= 0.3 is 0 Å². The average molecular weight is 319 g/mol. The Bertz CT molecular complexity index is 508. The van der Waals surface area contributed by atoms with Crippen molar-refractivity contribution in [2.75, 3.05) is 6.54 Å². The van der Waals surface area contributed by atoms with Crippen LogP contribution in [0.1, 0.15) is 16.7 Å². The number of benzene rings is 2. The lowest BCUT2D eigenvalue weighted by atomic mass is 10.1. The molecule has 0 fully saturated rings. The molecule has 2 aromatic rings. The fourth-order valence-electron chi connectivity index (χ4n) is 1.95. The Hall–Kier alpha value is -1.16. The van der Waals surface area contributed by atoms with E-state index in [2.05, 4.69) is 69.8 Å². The first-order chi connectivity index (χ1) is 9.28. The van der Waals surface area contributed by atoms with Gasteiger partial charge in [0.1, 0.15) is 0 Å². The van der Waals surface area contributed by atoms with Crippen LogP contribution in [0.3, 0.4) is 0 Å². The average Bonchev–Trinajstić information content (AvgIpc) is 2.44. The van der Waals surface area contributed by atoms with Crippen LogP contribution in [0, 0.1) is 0 Å². The van der Waals surface area contributed by atoms with Crippen LogP contribution >= 0.6 is 15.9 Å². The van der Waals surface area contributed by atoms with E-state index in [1.54, 1.807) is 0 Å². The molecule has 0 aliphatic rings. The quantitative estimate of drug-likeness (QED) is 0.802. The molecule has 0 saturated heterocycles. The Labute approximate surface area is 123 Å². The maximum atomic E-state index is 5.58. The second-order valence-electron chi connectivity index (χ2n) is 4.58. The van der Waals surface area contributed by atoms with Crippen molar-refractivity contribution in [3.8, 4) is 0 Å². The number of hydrogen-bond donors (Lipinski definition) is 2. The minimum absolute atomic E-state index is 0.608. The van der Waals surface area contributed by atoms with Gasteiger partial charge in [-0.2, -0.15) is 0 Å². The molecule has 0 bridgehead atoms. The Morgan fingerprint density at radius 3 is 2.37 bits per heavy atom. The third-order valence-corrected chi connectivity index (χ3v) is 3.56. The lowest BCUT2D eigenvalue weighted by Gasteiger charge is -2.06. The van der Waals surface area contributed by atoms with Gasteiger partial charge in [0.15, 0.2) is 0 Å². The molecule has 0 aromatic heterocycles. The van der Waals surface area contributed by atoms with Gasteiger partial charge in [-0.15, -0.1) is 0 Å². The first-order valence-electron chi connectivity index (χ1n) is 6.51. The molecule has 2 aromatic carbocycles. The highest BCUT2D eigenvalue weighted by molar-refractivity contribution is 9.10. The zero-order chi connectivity index (χ0) is 13.5. The standard InChI is InChI=1S/C16H19BrN2/c17-16-3-1-2-13(10-16)8-9-19-12-15-6-4-14(11-18)5-7-15/h1-7,10,19H,8-9,11-12,18H2. The molecule has 19 heavy (non-hydrogen) atoms. The van der Waals surface area contributed by atoms with Gasteiger partial charge in [-0.3, -0.25) is 0 Å². The van der Waals surface area contributed by atoms with Crippen LogP contribution in [-0.2, 0) is 19.5 Å². The van der Waals surface area contributed by atoms with Gasteiger partial charge in [0.05, 0.1) is 0 Å². The topological polar surface area (TPSA) is 38.0 Å². The number of halogens is 1. The Morgan fingerprint density at radius 2 is 1.68 bits per heavy atom. The summed E-state index contributed by atoms with van der Waals surface area (Å²) in [7, 11) is 0. The monoisotopic (exact) mass is 318 g/mol. The van der Waals surface area contributed by atoms with Crippen molar-refractivity contribution < 1.29 is 0 Å². The summed E-state index contributed by atoms with van der Waals surface area (Å²) in [5, 5.41) is 3.46. The fourth-order valence-corrected chi connectivity index (χ4v) is 2.40. The molecule has 0 aliphatic carbocycles. The van der Waals surface area contributed by atoms with Crippen molar-refractivity contribution in [1.82, 2.24) is 5.32 Å². The van der Waals surface area contributed by atoms with Crippen molar-refractivity contribution in [3.05, 3.63) is 69.7 Å². The van der Waals surface area contributed by atoms with Gasteiger partial charge in [-0.05, 0) is 41.8 Å². The van der Waals surface area contributed by atoms with Crippen LogP contribution in [0.25, 0.3) is 0 Å². The Balaban J connectivity index is 1.74. The third kappa shape index (κ3) is 4.78. The highest BCUT2D eigenvalue weighted by atomic mass is 79.9. The van der Waals surface area contributed by atoms with Gasteiger partial charge < -0.3 is 11.1 Å². The lowest BCUT2D eigenvalue weighted by molar-refractivity contribution is 0.686. The van der Waals surface area contributed by atoms with Gasteiger partial charge in [0.25, 0.3) is 0 Å². The molecule has 0 aliphatic heterocycles. The highest BCUT2D eigenvalue weighted by Crippen LogP contribution is 2.11.